The predicted molar refractivity (Wildman–Crippen MR) is 129 cm³/mol. The Kier molecular flexibility index (Phi) is 7.19. The molecule has 1 heterocycles. The number of nitrogens with zero attached hydrogens (tertiary/aromatic N) is 3. The number of aryl methyl sites for hydroxylation is 2. The van der Waals surface area contributed by atoms with E-state index < -0.39 is 35.2 Å². The van der Waals surface area contributed by atoms with Gasteiger partial charge in [-0.15, -0.1) is 0 Å². The predicted octanol–water partition coefficient (Wildman–Crippen LogP) is 7.44. The number of fused-ring (bicyclic) bond motifs is 1. The third-order valence-electron chi connectivity index (χ3n) is 6.05. The van der Waals surface area contributed by atoms with Crippen molar-refractivity contribution in [3.63, 3.8) is 0 Å². The lowest BCUT2D eigenvalue weighted by Gasteiger charge is -2.24. The molecule has 1 aromatic heterocycles. The molecule has 1 N–H and O–H groups in total. The summed E-state index contributed by atoms with van der Waals surface area (Å²) in [6, 6.07) is 6.97. The fourth-order valence-corrected chi connectivity index (χ4v) is 3.90. The number of hydrogen-bond donors (Lipinski definition) is 1. The average Bonchev–Trinajstić information content (AvgIpc) is 2.77. The van der Waals surface area contributed by atoms with Gasteiger partial charge in [0.2, 0.25) is 0 Å². The van der Waals surface area contributed by atoms with Gasteiger partial charge in [0, 0.05) is 29.6 Å². The summed E-state index contributed by atoms with van der Waals surface area (Å²) in [6.07, 6.45) is 0.646. The van der Waals surface area contributed by atoms with E-state index in [1.165, 1.54) is 30.9 Å². The van der Waals surface area contributed by atoms with Crippen molar-refractivity contribution >= 4 is 22.4 Å². The van der Waals surface area contributed by atoms with Crippen LogP contribution >= 0.6 is 0 Å². The maximum atomic E-state index is 15.2. The molecule has 0 saturated heterocycles. The molecule has 182 valence electrons. The normalized spacial score (nSPS) is 12.8. The van der Waals surface area contributed by atoms with Crippen LogP contribution in [0.5, 0.6) is 0 Å². The molecule has 1 atom stereocenters. The number of nitrogens with one attached hydrogen (secondary N) is 1. The molecule has 0 saturated carbocycles. The summed E-state index contributed by atoms with van der Waals surface area (Å²) in [5, 5.41) is 3.75. The number of hydrogen-bond acceptors (Lipinski definition) is 4. The van der Waals surface area contributed by atoms with Gasteiger partial charge >= 0.3 is 0 Å². The SMILES string of the molecule is C=C(F)N(C)c1cc2c(N[C@H](C)c3cccc(C(F)(F)C(C)C)c3F)nc(C)nc2cc1CC. The minimum absolute atomic E-state index is 0.0990. The average molecular weight is 475 g/mol. The Morgan fingerprint density at radius 1 is 1.18 bits per heavy atom. The quantitative estimate of drug-likeness (QED) is 0.272. The van der Waals surface area contributed by atoms with Crippen LogP contribution in [-0.2, 0) is 12.3 Å². The van der Waals surface area contributed by atoms with Gasteiger partial charge in [-0.25, -0.2) is 23.1 Å². The Balaban J connectivity index is 2.10. The van der Waals surface area contributed by atoms with Crippen molar-refractivity contribution in [3.8, 4) is 0 Å². The van der Waals surface area contributed by atoms with Crippen LogP contribution in [0.1, 0.15) is 56.3 Å². The molecule has 0 bridgehead atoms. The Labute approximate surface area is 197 Å². The van der Waals surface area contributed by atoms with Crippen molar-refractivity contribution in [1.82, 2.24) is 9.97 Å². The highest BCUT2D eigenvalue weighted by Crippen LogP contribution is 2.39. The number of aromatic nitrogens is 2. The molecule has 3 aromatic rings. The lowest BCUT2D eigenvalue weighted by Crippen LogP contribution is -2.24. The van der Waals surface area contributed by atoms with Gasteiger partial charge in [-0.2, -0.15) is 4.39 Å². The molecule has 34 heavy (non-hydrogen) atoms. The first-order chi connectivity index (χ1) is 15.9. The molecule has 0 amide bonds. The number of rotatable bonds is 8. The largest absolute Gasteiger partial charge is 0.363 e. The fourth-order valence-electron chi connectivity index (χ4n) is 3.90. The molecule has 0 radical (unpaired) electrons. The molecular weight excluding hydrogens is 444 g/mol. The smallest absolute Gasteiger partial charge is 0.278 e. The lowest BCUT2D eigenvalue weighted by atomic mass is 9.94. The minimum Gasteiger partial charge on any atom is -0.363 e. The van der Waals surface area contributed by atoms with E-state index >= 15 is 4.39 Å². The molecule has 4 nitrogen and oxygen atoms in total. The van der Waals surface area contributed by atoms with Crippen LogP contribution in [0, 0.1) is 18.7 Å². The van der Waals surface area contributed by atoms with Crippen LogP contribution in [0.2, 0.25) is 0 Å². The summed E-state index contributed by atoms with van der Waals surface area (Å²) >= 11 is 0. The second-order valence-electron chi connectivity index (χ2n) is 8.76. The van der Waals surface area contributed by atoms with E-state index in [0.29, 0.717) is 34.7 Å². The molecule has 0 spiro atoms. The zero-order valence-electron chi connectivity index (χ0n) is 20.3. The van der Waals surface area contributed by atoms with Gasteiger partial charge in [-0.3, -0.25) is 0 Å². The Bertz CT molecular complexity index is 1220. The first-order valence-corrected chi connectivity index (χ1v) is 11.2. The van der Waals surface area contributed by atoms with Crippen molar-refractivity contribution in [1.29, 1.82) is 0 Å². The van der Waals surface area contributed by atoms with Gasteiger partial charge in [0.25, 0.3) is 5.92 Å². The number of benzene rings is 2. The van der Waals surface area contributed by atoms with Gasteiger partial charge in [-0.05, 0) is 44.5 Å². The fraction of sp³-hybridized carbons (Fsp3) is 0.385. The minimum atomic E-state index is -3.30. The number of alkyl halides is 2. The van der Waals surface area contributed by atoms with E-state index in [-0.39, 0.29) is 5.56 Å². The molecular formula is C26H30F4N4. The van der Waals surface area contributed by atoms with E-state index in [9.17, 15) is 13.2 Å². The van der Waals surface area contributed by atoms with E-state index in [4.69, 9.17) is 0 Å². The summed E-state index contributed by atoms with van der Waals surface area (Å²) in [5.41, 5.74) is 1.59. The van der Waals surface area contributed by atoms with Gasteiger partial charge < -0.3 is 10.2 Å². The van der Waals surface area contributed by atoms with Crippen molar-refractivity contribution in [2.75, 3.05) is 17.3 Å². The number of halogens is 4. The first kappa shape index (κ1) is 25.5. The molecule has 0 aliphatic heterocycles. The van der Waals surface area contributed by atoms with E-state index in [1.807, 2.05) is 13.0 Å². The molecule has 8 heteroatoms. The molecule has 3 rings (SSSR count). The van der Waals surface area contributed by atoms with E-state index in [2.05, 4.69) is 21.9 Å². The second kappa shape index (κ2) is 9.60. The summed E-state index contributed by atoms with van der Waals surface area (Å²) in [7, 11) is 1.57. The number of anilines is 2. The monoisotopic (exact) mass is 474 g/mol. The third-order valence-corrected chi connectivity index (χ3v) is 6.05. The Morgan fingerprint density at radius 3 is 2.44 bits per heavy atom. The van der Waals surface area contributed by atoms with Crippen LogP contribution in [0.15, 0.2) is 42.9 Å². The highest BCUT2D eigenvalue weighted by Gasteiger charge is 2.39. The van der Waals surface area contributed by atoms with Crippen molar-refractivity contribution < 1.29 is 17.6 Å². The topological polar surface area (TPSA) is 41.0 Å². The third kappa shape index (κ3) is 4.72. The van der Waals surface area contributed by atoms with Crippen LogP contribution in [0.4, 0.5) is 29.1 Å². The summed E-state index contributed by atoms with van der Waals surface area (Å²) < 4.78 is 58.3. The van der Waals surface area contributed by atoms with E-state index in [1.54, 1.807) is 27.0 Å². The summed E-state index contributed by atoms with van der Waals surface area (Å²) in [5.74, 6) is -5.03. The van der Waals surface area contributed by atoms with Crippen LogP contribution in [0.3, 0.4) is 0 Å². The van der Waals surface area contributed by atoms with Crippen LogP contribution in [0.25, 0.3) is 10.9 Å². The summed E-state index contributed by atoms with van der Waals surface area (Å²) in [6.45, 7) is 11.4. The van der Waals surface area contributed by atoms with Crippen molar-refractivity contribution in [2.24, 2.45) is 5.92 Å². The van der Waals surface area contributed by atoms with Crippen LogP contribution in [-0.4, -0.2) is 17.0 Å². The maximum absolute atomic E-state index is 15.2. The lowest BCUT2D eigenvalue weighted by molar-refractivity contribution is -0.0545. The van der Waals surface area contributed by atoms with Crippen molar-refractivity contribution in [2.45, 2.75) is 53.0 Å². The zero-order chi connectivity index (χ0) is 25.4. The van der Waals surface area contributed by atoms with Gasteiger partial charge in [0.15, 0.2) is 5.95 Å². The van der Waals surface area contributed by atoms with Gasteiger partial charge in [-0.1, -0.05) is 39.0 Å². The highest BCUT2D eigenvalue weighted by atomic mass is 19.3. The van der Waals surface area contributed by atoms with Gasteiger partial charge in [0.1, 0.15) is 17.5 Å². The zero-order valence-corrected chi connectivity index (χ0v) is 20.3. The standard InChI is InChI=1S/C26H30F4N4/c1-8-18-12-22-20(13-23(18)34(7)16(5)27)25(33-17(6)32-22)31-15(4)19-10-9-11-21(24(19)28)26(29,30)14(2)3/h9-15H,5,8H2,1-4,6-7H3,(H,31,32,33)/t15-/m1/s1. The van der Waals surface area contributed by atoms with Gasteiger partial charge in [0.05, 0.1) is 17.1 Å². The molecule has 0 aliphatic carbocycles. The molecule has 0 fully saturated rings. The van der Waals surface area contributed by atoms with Crippen molar-refractivity contribution in [3.05, 3.63) is 71.2 Å². The van der Waals surface area contributed by atoms with E-state index in [0.717, 1.165) is 11.6 Å². The Morgan fingerprint density at radius 2 is 1.85 bits per heavy atom. The Hall–Kier alpha value is -3.16. The van der Waals surface area contributed by atoms with Crippen LogP contribution < -0.4 is 10.2 Å². The second-order valence-corrected chi connectivity index (χ2v) is 8.76. The summed E-state index contributed by atoms with van der Waals surface area (Å²) in [4.78, 5) is 10.3. The molecule has 0 aliphatic rings. The highest BCUT2D eigenvalue weighted by molar-refractivity contribution is 5.93. The molecule has 0 unspecified atom stereocenters. The maximum Gasteiger partial charge on any atom is 0.278 e. The molecule has 2 aromatic carbocycles. The first-order valence-electron chi connectivity index (χ1n) is 11.2.